The Morgan fingerprint density at radius 1 is 1.12 bits per heavy atom. The van der Waals surface area contributed by atoms with Gasteiger partial charge in [-0.2, -0.15) is 0 Å². The van der Waals surface area contributed by atoms with Gasteiger partial charge >= 0.3 is 0 Å². The van der Waals surface area contributed by atoms with Crippen LogP contribution in [-0.2, 0) is 4.79 Å². The summed E-state index contributed by atoms with van der Waals surface area (Å²) in [4.78, 5) is 24.4. The minimum atomic E-state index is -0.708. The Bertz CT molecular complexity index is 778. The highest BCUT2D eigenvalue weighted by molar-refractivity contribution is 9.10. The summed E-state index contributed by atoms with van der Waals surface area (Å²) in [6.07, 6.45) is -0.246. The first kappa shape index (κ1) is 19.8. The van der Waals surface area contributed by atoms with Crippen LogP contribution in [0.2, 0.25) is 0 Å². The number of amides is 2. The Morgan fingerprint density at radius 2 is 1.81 bits per heavy atom. The Labute approximate surface area is 161 Å². The van der Waals surface area contributed by atoms with Crippen LogP contribution in [0.15, 0.2) is 46.9 Å². The summed E-state index contributed by atoms with van der Waals surface area (Å²) in [5.74, 6) is 0.354. The number of methoxy groups -OCH3 is 1. The van der Waals surface area contributed by atoms with Crippen molar-refractivity contribution in [2.45, 2.75) is 26.4 Å². The first-order chi connectivity index (χ1) is 12.4. The molecule has 0 heterocycles. The summed E-state index contributed by atoms with van der Waals surface area (Å²) < 4.78 is 11.4. The molecule has 2 aromatic rings. The highest BCUT2D eigenvalue weighted by Crippen LogP contribution is 2.25. The van der Waals surface area contributed by atoms with Gasteiger partial charge in [-0.1, -0.05) is 24.6 Å². The van der Waals surface area contributed by atoms with Gasteiger partial charge in [0, 0.05) is 5.56 Å². The number of hydrogen-bond acceptors (Lipinski definition) is 4. The Kier molecular flexibility index (Phi) is 7.03. The summed E-state index contributed by atoms with van der Waals surface area (Å²) in [6, 6.07) is 12.3. The van der Waals surface area contributed by atoms with Crippen molar-refractivity contribution in [3.63, 3.8) is 0 Å². The molecule has 2 aromatic carbocycles. The third-order valence-electron chi connectivity index (χ3n) is 3.68. The molecule has 0 aromatic heterocycles. The zero-order valence-corrected chi connectivity index (χ0v) is 16.4. The zero-order valence-electron chi connectivity index (χ0n) is 14.8. The predicted octanol–water partition coefficient (Wildman–Crippen LogP) is 3.38. The van der Waals surface area contributed by atoms with Gasteiger partial charge in [0.15, 0.2) is 6.10 Å². The molecular formula is C19H21BrN2O4. The largest absolute Gasteiger partial charge is 0.496 e. The molecule has 0 aliphatic carbocycles. The standard InChI is InChI=1S/C19H21BrN2O4/c1-4-16(26-14-8-5-12(2)6-9-14)19(24)22-21-18(23)13-7-10-17(25-3)15(20)11-13/h5-11,16H,4H2,1-3H3,(H,21,23)(H,22,24). The van der Waals surface area contributed by atoms with Crippen molar-refractivity contribution in [3.05, 3.63) is 58.1 Å². The molecule has 0 aliphatic heterocycles. The van der Waals surface area contributed by atoms with Gasteiger partial charge in [-0.15, -0.1) is 0 Å². The van der Waals surface area contributed by atoms with Crippen LogP contribution < -0.4 is 20.3 Å². The number of ether oxygens (including phenoxy) is 2. The third-order valence-corrected chi connectivity index (χ3v) is 4.30. The molecule has 2 amide bonds. The molecule has 0 radical (unpaired) electrons. The van der Waals surface area contributed by atoms with E-state index in [0.29, 0.717) is 28.0 Å². The van der Waals surface area contributed by atoms with Gasteiger partial charge in [0.05, 0.1) is 11.6 Å². The Hall–Kier alpha value is -2.54. The Balaban J connectivity index is 1.94. The second kappa shape index (κ2) is 9.24. The lowest BCUT2D eigenvalue weighted by molar-refractivity contribution is -0.128. The SMILES string of the molecule is CCC(Oc1ccc(C)cc1)C(=O)NNC(=O)c1ccc(OC)c(Br)c1. The van der Waals surface area contributed by atoms with Crippen LogP contribution in [0, 0.1) is 6.92 Å². The number of halogens is 1. The summed E-state index contributed by atoms with van der Waals surface area (Å²) in [5, 5.41) is 0. The van der Waals surface area contributed by atoms with E-state index in [4.69, 9.17) is 9.47 Å². The summed E-state index contributed by atoms with van der Waals surface area (Å²) in [7, 11) is 1.54. The molecule has 138 valence electrons. The molecule has 6 nitrogen and oxygen atoms in total. The summed E-state index contributed by atoms with van der Waals surface area (Å²) >= 11 is 3.32. The van der Waals surface area contributed by atoms with Gasteiger partial charge in [-0.05, 0) is 59.6 Å². The van der Waals surface area contributed by atoms with E-state index in [-0.39, 0.29) is 0 Å². The number of carbonyl (C=O) groups excluding carboxylic acids is 2. The number of rotatable bonds is 6. The number of hydrazine groups is 1. The fourth-order valence-electron chi connectivity index (χ4n) is 2.18. The lowest BCUT2D eigenvalue weighted by Gasteiger charge is -2.17. The van der Waals surface area contributed by atoms with Gasteiger partial charge in [0.1, 0.15) is 11.5 Å². The number of carbonyl (C=O) groups is 2. The van der Waals surface area contributed by atoms with E-state index in [2.05, 4.69) is 26.8 Å². The molecule has 7 heteroatoms. The molecule has 0 saturated carbocycles. The van der Waals surface area contributed by atoms with Crippen molar-refractivity contribution in [2.75, 3.05) is 7.11 Å². The monoisotopic (exact) mass is 420 g/mol. The maximum absolute atomic E-state index is 12.3. The van der Waals surface area contributed by atoms with Crippen LogP contribution in [-0.4, -0.2) is 25.0 Å². The van der Waals surface area contributed by atoms with Crippen LogP contribution in [0.1, 0.15) is 29.3 Å². The lowest BCUT2D eigenvalue weighted by Crippen LogP contribution is -2.47. The van der Waals surface area contributed by atoms with Gasteiger partial charge in [0.2, 0.25) is 0 Å². The molecule has 0 aliphatic rings. The molecular weight excluding hydrogens is 400 g/mol. The van der Waals surface area contributed by atoms with Crippen molar-refractivity contribution >= 4 is 27.7 Å². The molecule has 26 heavy (non-hydrogen) atoms. The molecule has 2 N–H and O–H groups in total. The quantitative estimate of drug-likeness (QED) is 0.702. The highest BCUT2D eigenvalue weighted by Gasteiger charge is 2.19. The lowest BCUT2D eigenvalue weighted by atomic mass is 10.2. The van der Waals surface area contributed by atoms with Gasteiger partial charge in [-0.25, -0.2) is 0 Å². The number of aryl methyl sites for hydroxylation is 1. The van der Waals surface area contributed by atoms with Gasteiger partial charge < -0.3 is 9.47 Å². The topological polar surface area (TPSA) is 76.7 Å². The minimum absolute atomic E-state index is 0.380. The smallest absolute Gasteiger partial charge is 0.279 e. The highest BCUT2D eigenvalue weighted by atomic mass is 79.9. The third kappa shape index (κ3) is 5.23. The minimum Gasteiger partial charge on any atom is -0.496 e. The van der Waals surface area contributed by atoms with E-state index >= 15 is 0 Å². The molecule has 1 atom stereocenters. The van der Waals surface area contributed by atoms with E-state index in [1.165, 1.54) is 0 Å². The fraction of sp³-hybridized carbons (Fsp3) is 0.263. The molecule has 0 saturated heterocycles. The number of benzene rings is 2. The summed E-state index contributed by atoms with van der Waals surface area (Å²) in [5.41, 5.74) is 6.28. The van der Waals surface area contributed by atoms with E-state index in [0.717, 1.165) is 5.56 Å². The normalized spacial score (nSPS) is 11.4. The fourth-order valence-corrected chi connectivity index (χ4v) is 2.72. The maximum atomic E-state index is 12.3. The van der Waals surface area contributed by atoms with Crippen LogP contribution >= 0.6 is 15.9 Å². The van der Waals surface area contributed by atoms with E-state index in [1.807, 2.05) is 26.0 Å². The van der Waals surface area contributed by atoms with E-state index in [1.54, 1.807) is 37.4 Å². The maximum Gasteiger partial charge on any atom is 0.279 e. The van der Waals surface area contributed by atoms with Crippen LogP contribution in [0.3, 0.4) is 0 Å². The van der Waals surface area contributed by atoms with Crippen molar-refractivity contribution in [3.8, 4) is 11.5 Å². The molecule has 0 spiro atoms. The van der Waals surface area contributed by atoms with Crippen LogP contribution in [0.5, 0.6) is 11.5 Å². The second-order valence-electron chi connectivity index (χ2n) is 5.62. The van der Waals surface area contributed by atoms with Crippen LogP contribution in [0.25, 0.3) is 0 Å². The molecule has 0 fully saturated rings. The molecule has 0 bridgehead atoms. The average molecular weight is 421 g/mol. The number of hydrogen-bond donors (Lipinski definition) is 2. The van der Waals surface area contributed by atoms with Crippen molar-refractivity contribution in [1.29, 1.82) is 0 Å². The summed E-state index contributed by atoms with van der Waals surface area (Å²) in [6.45, 7) is 3.81. The van der Waals surface area contributed by atoms with Crippen LogP contribution in [0.4, 0.5) is 0 Å². The van der Waals surface area contributed by atoms with Crippen molar-refractivity contribution < 1.29 is 19.1 Å². The molecule has 1 unspecified atom stereocenters. The first-order valence-electron chi connectivity index (χ1n) is 8.11. The van der Waals surface area contributed by atoms with Crippen molar-refractivity contribution in [1.82, 2.24) is 10.9 Å². The second-order valence-corrected chi connectivity index (χ2v) is 6.47. The molecule has 2 rings (SSSR count). The zero-order chi connectivity index (χ0) is 19.1. The van der Waals surface area contributed by atoms with E-state index in [9.17, 15) is 9.59 Å². The number of nitrogens with one attached hydrogen (secondary N) is 2. The average Bonchev–Trinajstić information content (AvgIpc) is 2.65. The van der Waals surface area contributed by atoms with E-state index < -0.39 is 17.9 Å². The predicted molar refractivity (Wildman–Crippen MR) is 102 cm³/mol. The van der Waals surface area contributed by atoms with Gasteiger partial charge in [-0.3, -0.25) is 20.4 Å². The van der Waals surface area contributed by atoms with Crippen molar-refractivity contribution in [2.24, 2.45) is 0 Å². The van der Waals surface area contributed by atoms with Gasteiger partial charge in [0.25, 0.3) is 11.8 Å². The first-order valence-corrected chi connectivity index (χ1v) is 8.91. The Morgan fingerprint density at radius 3 is 2.38 bits per heavy atom.